The molecule has 4 aromatic heterocycles. The number of thiophene rings is 1. The molecular formula is C20H16N6O2S2. The van der Waals surface area contributed by atoms with Gasteiger partial charge in [0.1, 0.15) is 21.7 Å². The van der Waals surface area contributed by atoms with Crippen molar-refractivity contribution in [1.29, 1.82) is 0 Å². The maximum Gasteiger partial charge on any atom is 0.348 e. The van der Waals surface area contributed by atoms with E-state index >= 15 is 0 Å². The third-order valence-corrected chi connectivity index (χ3v) is 6.79. The number of nitrogens with zero attached hydrogens (tertiary/aromatic N) is 5. The largest absolute Gasteiger partial charge is 0.461 e. The fraction of sp³-hybridized carbons (Fsp3) is 0.150. The van der Waals surface area contributed by atoms with Crippen LogP contribution in [-0.2, 0) is 11.3 Å². The number of carbonyl (C=O) groups is 1. The molecule has 2 N–H and O–H groups in total. The number of aromatic nitrogens is 5. The maximum atomic E-state index is 12.4. The highest BCUT2D eigenvalue weighted by molar-refractivity contribution is 7.26. The first-order chi connectivity index (χ1) is 14.7. The van der Waals surface area contributed by atoms with Crippen molar-refractivity contribution >= 4 is 55.8 Å². The summed E-state index contributed by atoms with van der Waals surface area (Å²) in [6.45, 7) is 0.912. The number of hydrogen-bond donors (Lipinski definition) is 1. The number of rotatable bonds is 6. The molecule has 0 atom stereocenters. The molecule has 0 saturated heterocycles. The zero-order valence-electron chi connectivity index (χ0n) is 15.7. The van der Waals surface area contributed by atoms with Crippen LogP contribution in [0.5, 0.6) is 0 Å². The van der Waals surface area contributed by atoms with Gasteiger partial charge in [-0.1, -0.05) is 12.1 Å². The predicted molar refractivity (Wildman–Crippen MR) is 118 cm³/mol. The third-order valence-electron chi connectivity index (χ3n) is 4.52. The molecule has 0 amide bonds. The quantitative estimate of drug-likeness (QED) is 0.317. The van der Waals surface area contributed by atoms with Crippen LogP contribution < -0.4 is 5.73 Å². The van der Waals surface area contributed by atoms with Crippen molar-refractivity contribution in [3.63, 3.8) is 0 Å². The zero-order valence-corrected chi connectivity index (χ0v) is 17.3. The van der Waals surface area contributed by atoms with E-state index in [4.69, 9.17) is 10.5 Å². The summed E-state index contributed by atoms with van der Waals surface area (Å²) in [6.07, 6.45) is 3.72. The second kappa shape index (κ2) is 7.81. The van der Waals surface area contributed by atoms with E-state index in [-0.39, 0.29) is 5.97 Å². The van der Waals surface area contributed by atoms with Gasteiger partial charge in [0.25, 0.3) is 0 Å². The lowest BCUT2D eigenvalue weighted by atomic mass is 10.3. The van der Waals surface area contributed by atoms with Gasteiger partial charge in [0.15, 0.2) is 11.5 Å². The fourth-order valence-electron chi connectivity index (χ4n) is 3.07. The second-order valence-electron chi connectivity index (χ2n) is 6.51. The Bertz CT molecular complexity index is 1320. The first kappa shape index (κ1) is 18.6. The maximum absolute atomic E-state index is 12.4. The highest BCUT2D eigenvalue weighted by Gasteiger charge is 2.14. The van der Waals surface area contributed by atoms with E-state index in [1.165, 1.54) is 17.7 Å². The molecule has 0 saturated carbocycles. The van der Waals surface area contributed by atoms with E-state index in [1.807, 2.05) is 34.9 Å². The molecule has 0 aliphatic heterocycles. The monoisotopic (exact) mass is 436 g/mol. The average molecular weight is 437 g/mol. The molecule has 0 aliphatic carbocycles. The smallest absolute Gasteiger partial charge is 0.348 e. The summed E-state index contributed by atoms with van der Waals surface area (Å²) in [5.41, 5.74) is 8.02. The van der Waals surface area contributed by atoms with Crippen LogP contribution in [0.1, 0.15) is 16.1 Å². The number of carbonyl (C=O) groups excluding carboxylic acids is 1. The molecule has 5 rings (SSSR count). The van der Waals surface area contributed by atoms with Crippen molar-refractivity contribution in [3.05, 3.63) is 53.9 Å². The Morgan fingerprint density at radius 2 is 2.00 bits per heavy atom. The van der Waals surface area contributed by atoms with Gasteiger partial charge in [-0.15, -0.1) is 22.7 Å². The Morgan fingerprint density at radius 3 is 2.90 bits per heavy atom. The van der Waals surface area contributed by atoms with Crippen LogP contribution in [0.15, 0.2) is 49.1 Å². The highest BCUT2D eigenvalue weighted by Crippen LogP contribution is 2.34. The van der Waals surface area contributed by atoms with Crippen molar-refractivity contribution in [1.82, 2.24) is 24.5 Å². The van der Waals surface area contributed by atoms with Crippen molar-refractivity contribution in [2.45, 2.75) is 13.0 Å². The lowest BCUT2D eigenvalue weighted by molar-refractivity contribution is 0.0502. The number of nitrogens with two attached hydrogens (primary N) is 1. The van der Waals surface area contributed by atoms with Crippen molar-refractivity contribution in [2.24, 2.45) is 0 Å². The second-order valence-corrected chi connectivity index (χ2v) is 8.62. The van der Waals surface area contributed by atoms with Crippen LogP contribution in [0.4, 0.5) is 5.82 Å². The van der Waals surface area contributed by atoms with Crippen LogP contribution in [0, 0.1) is 0 Å². The SMILES string of the molecule is Nc1ncnc2c1ncn2CCCOC(=O)c1ccc(-c2nc3ccccc3s2)s1. The lowest BCUT2D eigenvalue weighted by Gasteiger charge is -2.05. The number of para-hydroxylation sites is 1. The van der Waals surface area contributed by atoms with Crippen molar-refractivity contribution in [2.75, 3.05) is 12.3 Å². The first-order valence-corrected chi connectivity index (χ1v) is 10.9. The molecule has 10 heteroatoms. The number of benzene rings is 1. The van der Waals surface area contributed by atoms with E-state index in [2.05, 4.69) is 19.9 Å². The number of nitrogen functional groups attached to an aromatic ring is 1. The number of ether oxygens (including phenoxy) is 1. The average Bonchev–Trinajstić information content (AvgIpc) is 3.49. The predicted octanol–water partition coefficient (Wildman–Crippen LogP) is 3.99. The molecule has 4 heterocycles. The lowest BCUT2D eigenvalue weighted by Crippen LogP contribution is -2.07. The van der Waals surface area contributed by atoms with Gasteiger partial charge in [-0.2, -0.15) is 0 Å². The molecule has 0 unspecified atom stereocenters. The number of hydrogen-bond acceptors (Lipinski definition) is 9. The highest BCUT2D eigenvalue weighted by atomic mass is 32.1. The number of fused-ring (bicyclic) bond motifs is 2. The number of anilines is 1. The van der Waals surface area contributed by atoms with Gasteiger partial charge in [-0.25, -0.2) is 24.7 Å². The van der Waals surface area contributed by atoms with E-state index in [0.717, 1.165) is 20.1 Å². The summed E-state index contributed by atoms with van der Waals surface area (Å²) in [4.78, 5) is 30.9. The minimum absolute atomic E-state index is 0.299. The molecule has 0 fully saturated rings. The summed E-state index contributed by atoms with van der Waals surface area (Å²) in [7, 11) is 0. The molecule has 0 radical (unpaired) electrons. The summed E-state index contributed by atoms with van der Waals surface area (Å²) in [5, 5.41) is 0.911. The Kier molecular flexibility index (Phi) is 4.85. The molecule has 0 spiro atoms. The fourth-order valence-corrected chi connectivity index (χ4v) is 4.99. The summed E-state index contributed by atoms with van der Waals surface area (Å²) in [5.74, 6) is 0.0289. The minimum atomic E-state index is -0.325. The van der Waals surface area contributed by atoms with Crippen LogP contribution in [-0.4, -0.2) is 37.1 Å². The number of aryl methyl sites for hydroxylation is 1. The van der Waals surface area contributed by atoms with E-state index in [0.29, 0.717) is 41.4 Å². The van der Waals surface area contributed by atoms with Gasteiger partial charge in [-0.05, 0) is 30.7 Å². The zero-order chi connectivity index (χ0) is 20.5. The van der Waals surface area contributed by atoms with Crippen molar-refractivity contribution < 1.29 is 9.53 Å². The van der Waals surface area contributed by atoms with Crippen LogP contribution >= 0.6 is 22.7 Å². The Morgan fingerprint density at radius 1 is 1.10 bits per heavy atom. The standard InChI is InChI=1S/C20H16N6O2S2/c21-17-16-18(23-10-22-17)26(11-24-16)8-3-9-28-20(27)15-7-6-14(29-15)19-25-12-4-1-2-5-13(12)30-19/h1-2,4-7,10-11H,3,8-9H2,(H2,21,22,23). The van der Waals surface area contributed by atoms with Crippen LogP contribution in [0.3, 0.4) is 0 Å². The first-order valence-electron chi connectivity index (χ1n) is 9.23. The number of imidazole rings is 1. The van der Waals surface area contributed by atoms with Gasteiger partial charge < -0.3 is 15.0 Å². The molecular weight excluding hydrogens is 420 g/mol. The summed E-state index contributed by atoms with van der Waals surface area (Å²) < 4.78 is 8.43. The van der Waals surface area contributed by atoms with E-state index < -0.39 is 0 Å². The molecule has 0 aliphatic rings. The minimum Gasteiger partial charge on any atom is -0.461 e. The Labute approximate surface area is 179 Å². The molecule has 5 aromatic rings. The molecule has 150 valence electrons. The summed E-state index contributed by atoms with van der Waals surface area (Å²) in [6, 6.07) is 11.7. The Hall–Kier alpha value is -3.37. The number of thiazole rings is 1. The van der Waals surface area contributed by atoms with Gasteiger partial charge in [0, 0.05) is 6.54 Å². The van der Waals surface area contributed by atoms with Gasteiger partial charge in [-0.3, -0.25) is 0 Å². The van der Waals surface area contributed by atoms with Gasteiger partial charge in [0.05, 0.1) is 28.0 Å². The normalized spacial score (nSPS) is 11.3. The van der Waals surface area contributed by atoms with Gasteiger partial charge >= 0.3 is 5.97 Å². The molecule has 0 bridgehead atoms. The van der Waals surface area contributed by atoms with Crippen LogP contribution in [0.2, 0.25) is 0 Å². The Balaban J connectivity index is 1.19. The van der Waals surface area contributed by atoms with Crippen molar-refractivity contribution in [3.8, 4) is 9.88 Å². The van der Waals surface area contributed by atoms with E-state index in [1.54, 1.807) is 23.7 Å². The molecule has 30 heavy (non-hydrogen) atoms. The van der Waals surface area contributed by atoms with Crippen LogP contribution in [0.25, 0.3) is 31.3 Å². The van der Waals surface area contributed by atoms with E-state index in [9.17, 15) is 4.79 Å². The third kappa shape index (κ3) is 3.51. The molecule has 1 aromatic carbocycles. The summed E-state index contributed by atoms with van der Waals surface area (Å²) >= 11 is 3.01. The number of esters is 1. The topological polar surface area (TPSA) is 109 Å². The van der Waals surface area contributed by atoms with Gasteiger partial charge in [0.2, 0.25) is 0 Å². The molecule has 8 nitrogen and oxygen atoms in total.